The Morgan fingerprint density at radius 2 is 2.30 bits per heavy atom. The highest BCUT2D eigenvalue weighted by molar-refractivity contribution is 4.93. The maximum atomic E-state index is 8.88. The lowest BCUT2D eigenvalue weighted by Gasteiger charge is -2.32. The lowest BCUT2D eigenvalue weighted by atomic mass is 9.89. The number of nitrogens with zero attached hydrogens (tertiary/aromatic N) is 1. The van der Waals surface area contributed by atoms with Crippen molar-refractivity contribution in [1.29, 1.82) is 5.26 Å². The van der Waals surface area contributed by atoms with Gasteiger partial charge in [-0.1, -0.05) is 0 Å². The van der Waals surface area contributed by atoms with Crippen LogP contribution in [-0.2, 0) is 0 Å². The Kier molecular flexibility index (Phi) is 2.25. The Morgan fingerprint density at radius 1 is 1.70 bits per heavy atom. The molecule has 0 amide bonds. The molecule has 0 aliphatic heterocycles. The summed E-state index contributed by atoms with van der Waals surface area (Å²) < 4.78 is 0. The molecule has 0 heterocycles. The highest BCUT2D eigenvalue weighted by Crippen LogP contribution is 2.19. The highest BCUT2D eigenvalue weighted by Gasteiger charge is 2.27. The first-order valence-electron chi connectivity index (χ1n) is 3.56. The summed E-state index contributed by atoms with van der Waals surface area (Å²) in [5.41, 5.74) is 0. The van der Waals surface area contributed by atoms with E-state index in [0.717, 1.165) is 12.8 Å². The summed E-state index contributed by atoms with van der Waals surface area (Å²) in [6.45, 7) is 1.82. The molecule has 2 N–H and O–H groups in total. The molecule has 1 unspecified atom stereocenters. The third-order valence-corrected chi connectivity index (χ3v) is 1.79. The number of aliphatic hydroxyl groups is 1. The van der Waals surface area contributed by atoms with Gasteiger partial charge in [-0.05, 0) is 19.8 Å². The first-order valence-corrected chi connectivity index (χ1v) is 3.56. The summed E-state index contributed by atoms with van der Waals surface area (Å²) in [4.78, 5) is 0. The summed E-state index contributed by atoms with van der Waals surface area (Å²) in [5, 5.41) is 20.4. The number of aliphatic hydroxyl groups excluding tert-OH is 1. The maximum Gasteiger partial charge on any atom is 0.0926 e. The Hall–Kier alpha value is -0.590. The van der Waals surface area contributed by atoms with Gasteiger partial charge in [0, 0.05) is 6.04 Å². The molecule has 1 atom stereocenters. The van der Waals surface area contributed by atoms with Gasteiger partial charge in [0.2, 0.25) is 0 Å². The summed E-state index contributed by atoms with van der Waals surface area (Å²) in [7, 11) is 0. The second-order valence-electron chi connectivity index (χ2n) is 2.84. The Morgan fingerprint density at radius 3 is 2.70 bits per heavy atom. The zero-order valence-electron chi connectivity index (χ0n) is 6.04. The predicted molar refractivity (Wildman–Crippen MR) is 37.2 cm³/mol. The number of hydrogen-bond acceptors (Lipinski definition) is 3. The van der Waals surface area contributed by atoms with Gasteiger partial charge >= 0.3 is 0 Å². The van der Waals surface area contributed by atoms with Gasteiger partial charge in [0.05, 0.1) is 18.2 Å². The van der Waals surface area contributed by atoms with Crippen LogP contribution in [0.15, 0.2) is 0 Å². The summed E-state index contributed by atoms with van der Waals surface area (Å²) >= 11 is 0. The van der Waals surface area contributed by atoms with Crippen LogP contribution in [0.25, 0.3) is 0 Å². The van der Waals surface area contributed by atoms with Gasteiger partial charge in [-0.3, -0.25) is 5.32 Å². The van der Waals surface area contributed by atoms with Crippen molar-refractivity contribution in [1.82, 2.24) is 5.32 Å². The van der Waals surface area contributed by atoms with Gasteiger partial charge < -0.3 is 5.11 Å². The van der Waals surface area contributed by atoms with Gasteiger partial charge in [-0.2, -0.15) is 5.26 Å². The van der Waals surface area contributed by atoms with Crippen LogP contribution < -0.4 is 5.32 Å². The Bertz CT molecular complexity index is 146. The van der Waals surface area contributed by atoms with Gasteiger partial charge in [-0.15, -0.1) is 0 Å². The van der Waals surface area contributed by atoms with Crippen molar-refractivity contribution in [3.8, 4) is 6.07 Å². The number of nitriles is 1. The molecule has 1 fully saturated rings. The van der Waals surface area contributed by atoms with Gasteiger partial charge in [0.25, 0.3) is 0 Å². The van der Waals surface area contributed by atoms with Gasteiger partial charge in [-0.25, -0.2) is 0 Å². The largest absolute Gasteiger partial charge is 0.393 e. The van der Waals surface area contributed by atoms with Crippen molar-refractivity contribution in [2.45, 2.75) is 38.0 Å². The first-order chi connectivity index (χ1) is 4.72. The van der Waals surface area contributed by atoms with E-state index < -0.39 is 0 Å². The minimum absolute atomic E-state index is 0.0856. The lowest BCUT2D eigenvalue weighted by Crippen LogP contribution is -2.47. The van der Waals surface area contributed by atoms with Crippen molar-refractivity contribution >= 4 is 0 Å². The molecule has 0 bridgehead atoms. The normalized spacial score (nSPS) is 34.1. The molecular formula is C7H12N2O. The van der Waals surface area contributed by atoms with E-state index in [2.05, 4.69) is 11.4 Å². The van der Waals surface area contributed by atoms with Crippen molar-refractivity contribution in [3.63, 3.8) is 0 Å². The van der Waals surface area contributed by atoms with E-state index in [-0.39, 0.29) is 12.1 Å². The lowest BCUT2D eigenvalue weighted by molar-refractivity contribution is 0.0609. The summed E-state index contributed by atoms with van der Waals surface area (Å²) in [5.74, 6) is 0. The van der Waals surface area contributed by atoms with E-state index in [4.69, 9.17) is 10.4 Å². The van der Waals surface area contributed by atoms with Crippen LogP contribution in [0.3, 0.4) is 0 Å². The molecule has 56 valence electrons. The maximum absolute atomic E-state index is 8.88. The first kappa shape index (κ1) is 7.52. The average molecular weight is 140 g/mol. The predicted octanol–water partition coefficient (Wildman–Crippen LogP) is 0.0114. The van der Waals surface area contributed by atoms with Crippen LogP contribution in [0.1, 0.15) is 19.8 Å². The van der Waals surface area contributed by atoms with Crippen molar-refractivity contribution in [2.24, 2.45) is 0 Å². The Labute approximate surface area is 60.7 Å². The van der Waals surface area contributed by atoms with E-state index in [1.807, 2.05) is 6.92 Å². The van der Waals surface area contributed by atoms with E-state index in [0.29, 0.717) is 6.04 Å². The van der Waals surface area contributed by atoms with Crippen LogP contribution in [-0.4, -0.2) is 23.3 Å². The molecule has 0 saturated heterocycles. The quantitative estimate of drug-likeness (QED) is 0.568. The third kappa shape index (κ3) is 1.69. The molecule has 3 nitrogen and oxygen atoms in total. The molecule has 0 aromatic rings. The molecule has 3 heteroatoms. The second-order valence-corrected chi connectivity index (χ2v) is 2.84. The summed E-state index contributed by atoms with van der Waals surface area (Å²) in [6, 6.07) is 2.37. The van der Waals surface area contributed by atoms with Crippen LogP contribution >= 0.6 is 0 Å². The fraction of sp³-hybridized carbons (Fsp3) is 0.857. The number of rotatable bonds is 2. The fourth-order valence-corrected chi connectivity index (χ4v) is 1.11. The van der Waals surface area contributed by atoms with E-state index in [1.165, 1.54) is 0 Å². The van der Waals surface area contributed by atoms with Crippen molar-refractivity contribution < 1.29 is 5.11 Å². The van der Waals surface area contributed by atoms with E-state index in [9.17, 15) is 0 Å². The molecule has 1 rings (SSSR count). The van der Waals surface area contributed by atoms with Crippen LogP contribution in [0.2, 0.25) is 0 Å². The SMILES string of the molecule is CC(C#N)NC1CC(O)C1. The van der Waals surface area contributed by atoms with Crippen molar-refractivity contribution in [2.75, 3.05) is 0 Å². The van der Waals surface area contributed by atoms with Crippen molar-refractivity contribution in [3.05, 3.63) is 0 Å². The second kappa shape index (κ2) is 3.00. The average Bonchev–Trinajstić information content (AvgIpc) is 1.84. The number of hydrogen-bond donors (Lipinski definition) is 2. The molecule has 1 saturated carbocycles. The molecule has 0 aromatic heterocycles. The monoisotopic (exact) mass is 140 g/mol. The molecule has 0 aromatic carbocycles. The fourth-order valence-electron chi connectivity index (χ4n) is 1.11. The smallest absolute Gasteiger partial charge is 0.0926 e. The summed E-state index contributed by atoms with van der Waals surface area (Å²) in [6.07, 6.45) is 1.46. The van der Waals surface area contributed by atoms with Gasteiger partial charge in [0.1, 0.15) is 0 Å². The molecule has 1 aliphatic carbocycles. The standard InChI is InChI=1S/C7H12N2O/c1-5(4-8)9-6-2-7(10)3-6/h5-7,9-10H,2-3H2,1H3. The molecule has 1 aliphatic rings. The molecule has 0 spiro atoms. The topological polar surface area (TPSA) is 56.0 Å². The third-order valence-electron chi connectivity index (χ3n) is 1.79. The highest BCUT2D eigenvalue weighted by atomic mass is 16.3. The molecule has 10 heavy (non-hydrogen) atoms. The number of nitrogens with one attached hydrogen (secondary N) is 1. The zero-order valence-corrected chi connectivity index (χ0v) is 6.04. The zero-order chi connectivity index (χ0) is 7.56. The van der Waals surface area contributed by atoms with E-state index in [1.54, 1.807) is 0 Å². The van der Waals surface area contributed by atoms with Crippen LogP contribution in [0.4, 0.5) is 0 Å². The van der Waals surface area contributed by atoms with Crippen LogP contribution in [0, 0.1) is 11.3 Å². The van der Waals surface area contributed by atoms with E-state index >= 15 is 0 Å². The molecule has 0 radical (unpaired) electrons. The Balaban J connectivity index is 2.11. The minimum Gasteiger partial charge on any atom is -0.393 e. The van der Waals surface area contributed by atoms with Crippen LogP contribution in [0.5, 0.6) is 0 Å². The molecular weight excluding hydrogens is 128 g/mol. The van der Waals surface area contributed by atoms with Gasteiger partial charge in [0.15, 0.2) is 0 Å². The minimum atomic E-state index is -0.136.